The number of aromatic nitrogens is 1. The second-order valence-corrected chi connectivity index (χ2v) is 7.32. The molecule has 1 atom stereocenters. The van der Waals surface area contributed by atoms with Crippen LogP contribution in [0.25, 0.3) is 0 Å². The summed E-state index contributed by atoms with van der Waals surface area (Å²) >= 11 is 0. The van der Waals surface area contributed by atoms with Crippen LogP contribution < -0.4 is 5.32 Å². The second-order valence-electron chi connectivity index (χ2n) is 7.32. The van der Waals surface area contributed by atoms with Gasteiger partial charge in [0.05, 0.1) is 11.9 Å². The molecule has 1 amide bonds. The normalized spacial score (nSPS) is 22.9. The van der Waals surface area contributed by atoms with Crippen molar-refractivity contribution < 1.29 is 4.79 Å². The first-order valence-electron chi connectivity index (χ1n) is 9.81. The van der Waals surface area contributed by atoms with Crippen molar-refractivity contribution in [3.63, 3.8) is 0 Å². The summed E-state index contributed by atoms with van der Waals surface area (Å²) in [5.41, 5.74) is 1.63. The zero-order valence-corrected chi connectivity index (χ0v) is 15.0. The highest BCUT2D eigenvalue weighted by molar-refractivity contribution is 5.92. The number of amides is 1. The predicted molar refractivity (Wildman–Crippen MR) is 98.3 cm³/mol. The SMILES string of the molecule is CCC1CCCCN1C(=O)c1ccc(NC2CCCCCC2)cn1. The minimum atomic E-state index is 0.0996. The Balaban J connectivity index is 1.61. The standard InChI is InChI=1S/C20H31N3O/c1-2-18-11-7-8-14-23(18)20(24)19-13-12-17(15-21-19)22-16-9-5-3-4-6-10-16/h12-13,15-16,18,22H,2-11,14H2,1H3. The van der Waals surface area contributed by atoms with E-state index in [0.29, 0.717) is 17.8 Å². The third-order valence-corrected chi connectivity index (χ3v) is 5.57. The highest BCUT2D eigenvalue weighted by Gasteiger charge is 2.26. The Morgan fingerprint density at radius 1 is 1.12 bits per heavy atom. The van der Waals surface area contributed by atoms with Gasteiger partial charge in [0.2, 0.25) is 0 Å². The number of nitrogens with one attached hydrogen (secondary N) is 1. The molecule has 4 nitrogen and oxygen atoms in total. The molecule has 0 spiro atoms. The summed E-state index contributed by atoms with van der Waals surface area (Å²) in [6, 6.07) is 4.86. The van der Waals surface area contributed by atoms with Gasteiger partial charge in [-0.3, -0.25) is 4.79 Å². The monoisotopic (exact) mass is 329 g/mol. The van der Waals surface area contributed by atoms with E-state index in [1.165, 1.54) is 44.9 Å². The van der Waals surface area contributed by atoms with E-state index in [0.717, 1.165) is 31.5 Å². The first kappa shape index (κ1) is 17.2. The van der Waals surface area contributed by atoms with Gasteiger partial charge < -0.3 is 10.2 Å². The van der Waals surface area contributed by atoms with Crippen LogP contribution in [-0.2, 0) is 0 Å². The lowest BCUT2D eigenvalue weighted by Gasteiger charge is -2.35. The molecule has 1 aromatic rings. The third kappa shape index (κ3) is 4.28. The van der Waals surface area contributed by atoms with Gasteiger partial charge in [0.15, 0.2) is 0 Å². The molecule has 132 valence electrons. The molecule has 0 aromatic carbocycles. The Morgan fingerprint density at radius 2 is 1.88 bits per heavy atom. The predicted octanol–water partition coefficient (Wildman–Crippen LogP) is 4.62. The van der Waals surface area contributed by atoms with Crippen molar-refractivity contribution in [1.82, 2.24) is 9.88 Å². The maximum absolute atomic E-state index is 12.8. The fourth-order valence-corrected chi connectivity index (χ4v) is 4.10. The molecule has 1 unspecified atom stereocenters. The van der Waals surface area contributed by atoms with Crippen LogP contribution in [0.5, 0.6) is 0 Å². The van der Waals surface area contributed by atoms with E-state index in [1.807, 2.05) is 23.2 Å². The van der Waals surface area contributed by atoms with E-state index in [-0.39, 0.29) is 5.91 Å². The van der Waals surface area contributed by atoms with Crippen molar-refractivity contribution in [2.45, 2.75) is 83.2 Å². The van der Waals surface area contributed by atoms with Crippen LogP contribution in [0.2, 0.25) is 0 Å². The largest absolute Gasteiger partial charge is 0.381 e. The van der Waals surface area contributed by atoms with E-state index in [4.69, 9.17) is 0 Å². The van der Waals surface area contributed by atoms with Crippen LogP contribution in [0.1, 0.15) is 81.6 Å². The van der Waals surface area contributed by atoms with Crippen LogP contribution in [0.15, 0.2) is 18.3 Å². The number of nitrogens with zero attached hydrogens (tertiary/aromatic N) is 2. The second kappa shape index (κ2) is 8.50. The molecule has 1 aromatic heterocycles. The molecular weight excluding hydrogens is 298 g/mol. The number of hydrogen-bond donors (Lipinski definition) is 1. The number of rotatable bonds is 4. The van der Waals surface area contributed by atoms with Crippen molar-refractivity contribution >= 4 is 11.6 Å². The van der Waals surface area contributed by atoms with Gasteiger partial charge >= 0.3 is 0 Å². The first-order valence-corrected chi connectivity index (χ1v) is 9.81. The molecule has 0 radical (unpaired) electrons. The Labute approximate surface area is 146 Å². The number of pyridine rings is 1. The Hall–Kier alpha value is -1.58. The number of anilines is 1. The van der Waals surface area contributed by atoms with Crippen LogP contribution in [-0.4, -0.2) is 34.4 Å². The Morgan fingerprint density at radius 3 is 2.54 bits per heavy atom. The van der Waals surface area contributed by atoms with Crippen LogP contribution in [0.3, 0.4) is 0 Å². The number of carbonyl (C=O) groups excluding carboxylic acids is 1. The molecule has 1 aliphatic carbocycles. The zero-order valence-electron chi connectivity index (χ0n) is 15.0. The lowest BCUT2D eigenvalue weighted by Crippen LogP contribution is -2.43. The van der Waals surface area contributed by atoms with E-state index in [2.05, 4.69) is 17.2 Å². The Kier molecular flexibility index (Phi) is 6.11. The molecule has 24 heavy (non-hydrogen) atoms. The maximum Gasteiger partial charge on any atom is 0.272 e. The smallest absolute Gasteiger partial charge is 0.272 e. The summed E-state index contributed by atoms with van der Waals surface area (Å²) < 4.78 is 0. The first-order chi connectivity index (χ1) is 11.8. The fraction of sp³-hybridized carbons (Fsp3) is 0.700. The summed E-state index contributed by atoms with van der Waals surface area (Å²) in [6.07, 6.45) is 14.2. The van der Waals surface area contributed by atoms with Gasteiger partial charge in [0.25, 0.3) is 5.91 Å². The average molecular weight is 329 g/mol. The molecule has 1 N–H and O–H groups in total. The van der Waals surface area contributed by atoms with Crippen LogP contribution in [0.4, 0.5) is 5.69 Å². The van der Waals surface area contributed by atoms with Crippen LogP contribution in [0, 0.1) is 0 Å². The summed E-state index contributed by atoms with van der Waals surface area (Å²) in [6.45, 7) is 3.05. The molecule has 2 heterocycles. The zero-order chi connectivity index (χ0) is 16.8. The molecule has 0 bridgehead atoms. The molecule has 1 saturated carbocycles. The highest BCUT2D eigenvalue weighted by atomic mass is 16.2. The molecule has 2 fully saturated rings. The molecule has 1 saturated heterocycles. The molecular formula is C20H31N3O. The lowest BCUT2D eigenvalue weighted by molar-refractivity contribution is 0.0602. The van der Waals surface area contributed by atoms with Crippen molar-refractivity contribution in [3.05, 3.63) is 24.0 Å². The summed E-state index contributed by atoms with van der Waals surface area (Å²) in [4.78, 5) is 19.2. The van der Waals surface area contributed by atoms with Gasteiger partial charge in [0, 0.05) is 18.6 Å². The van der Waals surface area contributed by atoms with Gasteiger partial charge in [-0.2, -0.15) is 0 Å². The highest BCUT2D eigenvalue weighted by Crippen LogP contribution is 2.23. The number of likely N-dealkylation sites (tertiary alicyclic amines) is 1. The molecule has 3 rings (SSSR count). The minimum absolute atomic E-state index is 0.0996. The number of hydrogen-bond acceptors (Lipinski definition) is 3. The van der Waals surface area contributed by atoms with E-state index < -0.39 is 0 Å². The van der Waals surface area contributed by atoms with Crippen molar-refractivity contribution in [2.24, 2.45) is 0 Å². The Bertz CT molecular complexity index is 520. The number of piperidine rings is 1. The number of carbonyl (C=O) groups is 1. The summed E-state index contributed by atoms with van der Waals surface area (Å²) in [5, 5.41) is 3.60. The third-order valence-electron chi connectivity index (χ3n) is 5.57. The lowest BCUT2D eigenvalue weighted by atomic mass is 9.99. The molecule has 1 aliphatic heterocycles. The van der Waals surface area contributed by atoms with Gasteiger partial charge in [-0.1, -0.05) is 32.6 Å². The average Bonchev–Trinajstić information content (AvgIpc) is 2.90. The topological polar surface area (TPSA) is 45.2 Å². The van der Waals surface area contributed by atoms with Gasteiger partial charge in [-0.15, -0.1) is 0 Å². The molecule has 2 aliphatic rings. The quantitative estimate of drug-likeness (QED) is 0.820. The van der Waals surface area contributed by atoms with E-state index in [1.54, 1.807) is 0 Å². The van der Waals surface area contributed by atoms with Gasteiger partial charge in [-0.05, 0) is 50.7 Å². The van der Waals surface area contributed by atoms with Crippen molar-refractivity contribution in [2.75, 3.05) is 11.9 Å². The van der Waals surface area contributed by atoms with Gasteiger partial charge in [0.1, 0.15) is 5.69 Å². The molecule has 4 heteroatoms. The van der Waals surface area contributed by atoms with E-state index in [9.17, 15) is 4.79 Å². The summed E-state index contributed by atoms with van der Waals surface area (Å²) in [5.74, 6) is 0.0996. The van der Waals surface area contributed by atoms with Crippen molar-refractivity contribution in [1.29, 1.82) is 0 Å². The minimum Gasteiger partial charge on any atom is -0.381 e. The van der Waals surface area contributed by atoms with Crippen LogP contribution >= 0.6 is 0 Å². The van der Waals surface area contributed by atoms with E-state index >= 15 is 0 Å². The van der Waals surface area contributed by atoms with Crippen molar-refractivity contribution in [3.8, 4) is 0 Å². The van der Waals surface area contributed by atoms with Gasteiger partial charge in [-0.25, -0.2) is 4.98 Å². The summed E-state index contributed by atoms with van der Waals surface area (Å²) in [7, 11) is 0. The fourth-order valence-electron chi connectivity index (χ4n) is 4.10. The maximum atomic E-state index is 12.8.